The fourth-order valence-corrected chi connectivity index (χ4v) is 4.77. The standard InChI is InChI=1S/C23H28N2OS/c1-16-13-17(2)23(18(3)14-16)27-21(15-22-24-11-12-25-22)10-7-19-5-8-20(26-4)9-6-19/h5-6,8-9,11-14,21H,7,10,15H2,1-4H3,(H,24,25). The second-order valence-corrected chi connectivity index (χ2v) is 8.41. The van der Waals surface area contributed by atoms with Crippen molar-refractivity contribution < 1.29 is 4.74 Å². The zero-order chi connectivity index (χ0) is 19.2. The van der Waals surface area contributed by atoms with E-state index >= 15 is 0 Å². The second-order valence-electron chi connectivity index (χ2n) is 7.09. The third kappa shape index (κ3) is 5.39. The first-order chi connectivity index (χ1) is 13.0. The number of thioether (sulfide) groups is 1. The number of benzene rings is 2. The Morgan fingerprint density at radius 2 is 1.78 bits per heavy atom. The fraction of sp³-hybridized carbons (Fsp3) is 0.348. The molecule has 3 nitrogen and oxygen atoms in total. The van der Waals surface area contributed by atoms with Gasteiger partial charge in [-0.3, -0.25) is 0 Å². The number of aryl methyl sites for hydroxylation is 4. The highest BCUT2D eigenvalue weighted by Crippen LogP contribution is 2.34. The molecule has 0 saturated heterocycles. The molecule has 1 aromatic heterocycles. The number of nitrogens with zero attached hydrogens (tertiary/aromatic N) is 1. The van der Waals surface area contributed by atoms with Crippen LogP contribution < -0.4 is 4.74 Å². The monoisotopic (exact) mass is 380 g/mol. The molecule has 142 valence electrons. The van der Waals surface area contributed by atoms with E-state index in [2.05, 4.69) is 55.0 Å². The number of H-pyrrole nitrogens is 1. The van der Waals surface area contributed by atoms with E-state index in [-0.39, 0.29) is 0 Å². The maximum atomic E-state index is 5.26. The molecular formula is C23H28N2OS. The quantitative estimate of drug-likeness (QED) is 0.511. The number of hydrogen-bond donors (Lipinski definition) is 1. The van der Waals surface area contributed by atoms with Crippen molar-refractivity contribution in [3.05, 3.63) is 76.9 Å². The van der Waals surface area contributed by atoms with Crippen LogP contribution in [0.2, 0.25) is 0 Å². The van der Waals surface area contributed by atoms with Gasteiger partial charge in [0.05, 0.1) is 7.11 Å². The van der Waals surface area contributed by atoms with Crippen LogP contribution in [0.4, 0.5) is 0 Å². The molecule has 1 N–H and O–H groups in total. The van der Waals surface area contributed by atoms with E-state index < -0.39 is 0 Å². The van der Waals surface area contributed by atoms with Crippen LogP contribution in [-0.2, 0) is 12.8 Å². The van der Waals surface area contributed by atoms with E-state index in [0.29, 0.717) is 5.25 Å². The van der Waals surface area contributed by atoms with Gasteiger partial charge in [0.1, 0.15) is 11.6 Å². The number of methoxy groups -OCH3 is 1. The molecule has 0 radical (unpaired) electrons. The van der Waals surface area contributed by atoms with Gasteiger partial charge >= 0.3 is 0 Å². The summed E-state index contributed by atoms with van der Waals surface area (Å²) in [6, 6.07) is 13.0. The minimum absolute atomic E-state index is 0.471. The van der Waals surface area contributed by atoms with Crippen molar-refractivity contribution in [1.82, 2.24) is 9.97 Å². The minimum Gasteiger partial charge on any atom is -0.497 e. The molecule has 0 aliphatic heterocycles. The molecule has 0 saturated carbocycles. The SMILES string of the molecule is COc1ccc(CCC(Cc2ncc[nH]2)Sc2c(C)cc(C)cc2C)cc1. The van der Waals surface area contributed by atoms with Crippen LogP contribution in [0.1, 0.15) is 34.5 Å². The summed E-state index contributed by atoms with van der Waals surface area (Å²) >= 11 is 1.99. The summed E-state index contributed by atoms with van der Waals surface area (Å²) < 4.78 is 5.26. The molecule has 1 atom stereocenters. The smallest absolute Gasteiger partial charge is 0.118 e. The van der Waals surface area contributed by atoms with Crippen molar-refractivity contribution >= 4 is 11.8 Å². The van der Waals surface area contributed by atoms with E-state index in [1.165, 1.54) is 27.1 Å². The lowest BCUT2D eigenvalue weighted by molar-refractivity contribution is 0.414. The predicted molar refractivity (Wildman–Crippen MR) is 114 cm³/mol. The van der Waals surface area contributed by atoms with Gasteiger partial charge in [0.2, 0.25) is 0 Å². The Bertz CT molecular complexity index is 834. The summed E-state index contributed by atoms with van der Waals surface area (Å²) in [5.74, 6) is 1.97. The minimum atomic E-state index is 0.471. The van der Waals surface area contributed by atoms with Crippen molar-refractivity contribution in [3.8, 4) is 5.75 Å². The average Bonchev–Trinajstić information content (AvgIpc) is 3.16. The maximum absolute atomic E-state index is 5.26. The molecule has 0 bridgehead atoms. The van der Waals surface area contributed by atoms with Crippen LogP contribution in [0.25, 0.3) is 0 Å². The lowest BCUT2D eigenvalue weighted by atomic mass is 10.1. The van der Waals surface area contributed by atoms with E-state index in [0.717, 1.165) is 30.8 Å². The van der Waals surface area contributed by atoms with Crippen molar-refractivity contribution in [1.29, 1.82) is 0 Å². The van der Waals surface area contributed by atoms with E-state index in [1.54, 1.807) is 7.11 Å². The Hall–Kier alpha value is -2.20. The van der Waals surface area contributed by atoms with E-state index in [4.69, 9.17) is 4.74 Å². The largest absolute Gasteiger partial charge is 0.497 e. The van der Waals surface area contributed by atoms with Crippen LogP contribution in [-0.4, -0.2) is 22.3 Å². The Labute approximate surface area is 166 Å². The predicted octanol–water partition coefficient (Wildman–Crippen LogP) is 5.68. The van der Waals surface area contributed by atoms with Crippen LogP contribution in [0.15, 0.2) is 53.7 Å². The highest BCUT2D eigenvalue weighted by atomic mass is 32.2. The molecule has 3 rings (SSSR count). The number of rotatable bonds is 8. The van der Waals surface area contributed by atoms with Crippen LogP contribution in [0.5, 0.6) is 5.75 Å². The third-order valence-electron chi connectivity index (χ3n) is 4.78. The molecule has 0 aliphatic carbocycles. The summed E-state index contributed by atoms with van der Waals surface area (Å²) in [5.41, 5.74) is 5.41. The van der Waals surface area contributed by atoms with Gasteiger partial charge in [-0.2, -0.15) is 0 Å². The first-order valence-corrected chi connectivity index (χ1v) is 10.3. The number of imidazole rings is 1. The molecule has 0 aliphatic rings. The third-order valence-corrected chi connectivity index (χ3v) is 6.39. The number of nitrogens with one attached hydrogen (secondary N) is 1. The lowest BCUT2D eigenvalue weighted by Crippen LogP contribution is -2.11. The first-order valence-electron chi connectivity index (χ1n) is 9.41. The van der Waals surface area contributed by atoms with Crippen molar-refractivity contribution in [2.24, 2.45) is 0 Å². The molecule has 2 aromatic carbocycles. The van der Waals surface area contributed by atoms with Crippen LogP contribution >= 0.6 is 11.8 Å². The molecule has 0 spiro atoms. The number of hydrogen-bond acceptors (Lipinski definition) is 3. The average molecular weight is 381 g/mol. The molecular weight excluding hydrogens is 352 g/mol. The highest BCUT2D eigenvalue weighted by Gasteiger charge is 2.16. The number of aromatic nitrogens is 2. The molecule has 1 heterocycles. The number of ether oxygens (including phenoxy) is 1. The molecule has 27 heavy (non-hydrogen) atoms. The zero-order valence-corrected chi connectivity index (χ0v) is 17.4. The molecule has 4 heteroatoms. The summed E-state index contributed by atoms with van der Waals surface area (Å²) in [6.45, 7) is 6.60. The topological polar surface area (TPSA) is 37.9 Å². The van der Waals surface area contributed by atoms with Gasteiger partial charge in [-0.25, -0.2) is 4.98 Å². The van der Waals surface area contributed by atoms with Gasteiger partial charge in [-0.05, 0) is 62.4 Å². The fourth-order valence-electron chi connectivity index (χ4n) is 3.47. The van der Waals surface area contributed by atoms with Gasteiger partial charge in [-0.15, -0.1) is 11.8 Å². The van der Waals surface area contributed by atoms with Crippen LogP contribution in [0, 0.1) is 20.8 Å². The summed E-state index contributed by atoms with van der Waals surface area (Å²) in [7, 11) is 1.71. The maximum Gasteiger partial charge on any atom is 0.118 e. The Balaban J connectivity index is 1.74. The molecule has 0 amide bonds. The summed E-state index contributed by atoms with van der Waals surface area (Å²) in [6.07, 6.45) is 6.84. The van der Waals surface area contributed by atoms with Gasteiger partial charge < -0.3 is 9.72 Å². The number of aromatic amines is 1. The normalized spacial score (nSPS) is 12.1. The second kappa shape index (κ2) is 9.14. The van der Waals surface area contributed by atoms with E-state index in [1.807, 2.05) is 36.3 Å². The Kier molecular flexibility index (Phi) is 6.62. The summed E-state index contributed by atoms with van der Waals surface area (Å²) in [5, 5.41) is 0.471. The molecule has 1 unspecified atom stereocenters. The first kappa shape index (κ1) is 19.6. The van der Waals surface area contributed by atoms with Crippen molar-refractivity contribution in [2.45, 2.75) is 50.2 Å². The zero-order valence-electron chi connectivity index (χ0n) is 16.6. The van der Waals surface area contributed by atoms with Gasteiger partial charge in [0, 0.05) is 29.0 Å². The molecule has 0 fully saturated rings. The van der Waals surface area contributed by atoms with Crippen LogP contribution in [0.3, 0.4) is 0 Å². The Morgan fingerprint density at radius 3 is 2.37 bits per heavy atom. The van der Waals surface area contributed by atoms with Crippen molar-refractivity contribution in [2.75, 3.05) is 7.11 Å². The van der Waals surface area contributed by atoms with Gasteiger partial charge in [0.25, 0.3) is 0 Å². The molecule has 3 aromatic rings. The summed E-state index contributed by atoms with van der Waals surface area (Å²) in [4.78, 5) is 9.12. The van der Waals surface area contributed by atoms with Gasteiger partial charge in [0.15, 0.2) is 0 Å². The highest BCUT2D eigenvalue weighted by molar-refractivity contribution is 8.00. The lowest BCUT2D eigenvalue weighted by Gasteiger charge is -2.19. The van der Waals surface area contributed by atoms with Crippen molar-refractivity contribution in [3.63, 3.8) is 0 Å². The van der Waals surface area contributed by atoms with E-state index in [9.17, 15) is 0 Å². The van der Waals surface area contributed by atoms with Gasteiger partial charge in [-0.1, -0.05) is 29.8 Å². The Morgan fingerprint density at radius 1 is 1.07 bits per heavy atom.